The molecule has 0 saturated carbocycles. The fourth-order valence-corrected chi connectivity index (χ4v) is 1.06. The summed E-state index contributed by atoms with van der Waals surface area (Å²) in [5, 5.41) is 9.33. The van der Waals surface area contributed by atoms with Gasteiger partial charge in [-0.25, -0.2) is 0 Å². The average Bonchev–Trinajstić information content (AvgIpc) is 2.10. The van der Waals surface area contributed by atoms with Gasteiger partial charge < -0.3 is 10.8 Å². The van der Waals surface area contributed by atoms with Gasteiger partial charge in [-0.05, 0) is 25.1 Å². The van der Waals surface area contributed by atoms with Gasteiger partial charge in [0.2, 0.25) is 0 Å². The molecule has 0 spiro atoms. The number of phenols is 1. The number of hydrogen-bond acceptors (Lipinski definition) is 3. The molecule has 1 aromatic carbocycles. The van der Waals surface area contributed by atoms with Crippen LogP contribution in [0, 0.1) is 6.92 Å². The SMILES string of the molecule is Cc1ccc(C(=O)CCN)cc1O. The summed E-state index contributed by atoms with van der Waals surface area (Å²) in [6, 6.07) is 4.90. The van der Waals surface area contributed by atoms with E-state index in [-0.39, 0.29) is 11.5 Å². The number of benzene rings is 1. The first kappa shape index (κ1) is 9.74. The van der Waals surface area contributed by atoms with E-state index in [1.54, 1.807) is 19.1 Å². The molecule has 70 valence electrons. The monoisotopic (exact) mass is 179 g/mol. The third-order valence-electron chi connectivity index (χ3n) is 1.90. The molecule has 0 atom stereocenters. The van der Waals surface area contributed by atoms with Crippen molar-refractivity contribution in [2.45, 2.75) is 13.3 Å². The number of Topliss-reactive ketones (excluding diaryl/α,β-unsaturated/α-hetero) is 1. The van der Waals surface area contributed by atoms with Crippen LogP contribution in [0.4, 0.5) is 0 Å². The Balaban J connectivity index is 2.90. The van der Waals surface area contributed by atoms with Gasteiger partial charge in [0.1, 0.15) is 5.75 Å². The first-order valence-corrected chi connectivity index (χ1v) is 4.18. The van der Waals surface area contributed by atoms with E-state index in [9.17, 15) is 9.90 Å². The normalized spacial score (nSPS) is 10.0. The molecule has 3 nitrogen and oxygen atoms in total. The molecule has 0 radical (unpaired) electrons. The maximum absolute atomic E-state index is 11.3. The molecule has 0 saturated heterocycles. The minimum Gasteiger partial charge on any atom is -0.508 e. The second-order valence-corrected chi connectivity index (χ2v) is 2.96. The highest BCUT2D eigenvalue weighted by Crippen LogP contribution is 2.18. The second kappa shape index (κ2) is 4.05. The zero-order valence-corrected chi connectivity index (χ0v) is 7.58. The zero-order valence-electron chi connectivity index (χ0n) is 7.58. The minimum absolute atomic E-state index is 0.0298. The molecule has 3 N–H and O–H groups in total. The van der Waals surface area contributed by atoms with E-state index >= 15 is 0 Å². The van der Waals surface area contributed by atoms with Crippen molar-refractivity contribution < 1.29 is 9.90 Å². The van der Waals surface area contributed by atoms with Crippen LogP contribution >= 0.6 is 0 Å². The van der Waals surface area contributed by atoms with Gasteiger partial charge in [0.15, 0.2) is 5.78 Å². The van der Waals surface area contributed by atoms with E-state index in [4.69, 9.17) is 5.73 Å². The molecule has 0 bridgehead atoms. The number of carbonyl (C=O) groups is 1. The highest BCUT2D eigenvalue weighted by Gasteiger charge is 2.06. The van der Waals surface area contributed by atoms with Crippen LogP contribution in [0.1, 0.15) is 22.3 Å². The van der Waals surface area contributed by atoms with E-state index in [2.05, 4.69) is 0 Å². The second-order valence-electron chi connectivity index (χ2n) is 2.96. The first-order valence-electron chi connectivity index (χ1n) is 4.18. The quantitative estimate of drug-likeness (QED) is 0.686. The highest BCUT2D eigenvalue weighted by molar-refractivity contribution is 5.96. The van der Waals surface area contributed by atoms with Gasteiger partial charge >= 0.3 is 0 Å². The van der Waals surface area contributed by atoms with Gasteiger partial charge in [-0.3, -0.25) is 4.79 Å². The summed E-state index contributed by atoms with van der Waals surface area (Å²) in [6.07, 6.45) is 0.322. The number of rotatable bonds is 3. The lowest BCUT2D eigenvalue weighted by molar-refractivity contribution is 0.0985. The van der Waals surface area contributed by atoms with Gasteiger partial charge in [0.25, 0.3) is 0 Å². The molecule has 0 amide bonds. The van der Waals surface area contributed by atoms with Crippen molar-refractivity contribution in [2.24, 2.45) is 5.73 Å². The van der Waals surface area contributed by atoms with E-state index < -0.39 is 0 Å². The fourth-order valence-electron chi connectivity index (χ4n) is 1.06. The van der Waals surface area contributed by atoms with Crippen molar-refractivity contribution in [2.75, 3.05) is 6.54 Å². The number of aromatic hydroxyl groups is 1. The Bertz CT molecular complexity index is 321. The molecule has 0 aliphatic rings. The number of aryl methyl sites for hydroxylation is 1. The molecule has 1 rings (SSSR count). The summed E-state index contributed by atoms with van der Waals surface area (Å²) in [5.41, 5.74) is 6.54. The molecule has 3 heteroatoms. The Labute approximate surface area is 77.2 Å². The smallest absolute Gasteiger partial charge is 0.164 e. The van der Waals surface area contributed by atoms with Gasteiger partial charge in [-0.2, -0.15) is 0 Å². The van der Waals surface area contributed by atoms with E-state index in [0.717, 1.165) is 5.56 Å². The summed E-state index contributed by atoms with van der Waals surface area (Å²) in [5.74, 6) is 0.126. The highest BCUT2D eigenvalue weighted by atomic mass is 16.3. The number of nitrogens with two attached hydrogens (primary N) is 1. The average molecular weight is 179 g/mol. The van der Waals surface area contributed by atoms with E-state index in [0.29, 0.717) is 18.5 Å². The Morgan fingerprint density at radius 2 is 2.23 bits per heavy atom. The lowest BCUT2D eigenvalue weighted by Crippen LogP contribution is -2.07. The molecule has 0 aliphatic heterocycles. The van der Waals surface area contributed by atoms with Crippen LogP contribution in [0.25, 0.3) is 0 Å². The lowest BCUT2D eigenvalue weighted by Gasteiger charge is -2.02. The molecular weight excluding hydrogens is 166 g/mol. The van der Waals surface area contributed by atoms with Gasteiger partial charge in [0.05, 0.1) is 0 Å². The lowest BCUT2D eigenvalue weighted by atomic mass is 10.1. The maximum atomic E-state index is 11.3. The van der Waals surface area contributed by atoms with Crippen LogP contribution in [0.2, 0.25) is 0 Å². The molecular formula is C10H13NO2. The third-order valence-corrected chi connectivity index (χ3v) is 1.90. The fraction of sp³-hybridized carbons (Fsp3) is 0.300. The molecule has 0 aliphatic carbocycles. The summed E-state index contributed by atoms with van der Waals surface area (Å²) < 4.78 is 0. The Kier molecular flexibility index (Phi) is 3.03. The van der Waals surface area contributed by atoms with Crippen molar-refractivity contribution in [1.29, 1.82) is 0 Å². The van der Waals surface area contributed by atoms with E-state index in [1.165, 1.54) is 6.07 Å². The first-order chi connectivity index (χ1) is 6.15. The van der Waals surface area contributed by atoms with E-state index in [1.807, 2.05) is 0 Å². The van der Waals surface area contributed by atoms with Gasteiger partial charge in [0, 0.05) is 12.0 Å². The Morgan fingerprint density at radius 3 is 2.77 bits per heavy atom. The van der Waals surface area contributed by atoms with Crippen molar-refractivity contribution in [3.63, 3.8) is 0 Å². The van der Waals surface area contributed by atoms with Crippen LogP contribution in [-0.4, -0.2) is 17.4 Å². The van der Waals surface area contributed by atoms with Gasteiger partial charge in [-0.15, -0.1) is 0 Å². The number of carbonyl (C=O) groups excluding carboxylic acids is 1. The molecule has 0 fully saturated rings. The molecule has 0 heterocycles. The number of hydrogen-bond donors (Lipinski definition) is 2. The van der Waals surface area contributed by atoms with Crippen molar-refractivity contribution >= 4 is 5.78 Å². The standard InChI is InChI=1S/C10H13NO2/c1-7-2-3-8(6-10(7)13)9(12)4-5-11/h2-3,6,13H,4-5,11H2,1H3. The van der Waals surface area contributed by atoms with Crippen molar-refractivity contribution in [3.8, 4) is 5.75 Å². The third kappa shape index (κ3) is 2.29. The number of ketones is 1. The van der Waals surface area contributed by atoms with Crippen LogP contribution in [0.15, 0.2) is 18.2 Å². The summed E-state index contributed by atoms with van der Waals surface area (Å²) >= 11 is 0. The summed E-state index contributed by atoms with van der Waals surface area (Å²) in [7, 11) is 0. The van der Waals surface area contributed by atoms with Crippen LogP contribution < -0.4 is 5.73 Å². The van der Waals surface area contributed by atoms with Crippen LogP contribution in [0.5, 0.6) is 5.75 Å². The predicted molar refractivity (Wildman–Crippen MR) is 50.8 cm³/mol. The summed E-state index contributed by atoms with van der Waals surface area (Å²) in [4.78, 5) is 11.3. The molecule has 0 unspecified atom stereocenters. The molecule has 13 heavy (non-hydrogen) atoms. The largest absolute Gasteiger partial charge is 0.508 e. The van der Waals surface area contributed by atoms with Crippen molar-refractivity contribution in [1.82, 2.24) is 0 Å². The molecule has 1 aromatic rings. The van der Waals surface area contributed by atoms with Crippen molar-refractivity contribution in [3.05, 3.63) is 29.3 Å². The maximum Gasteiger partial charge on any atom is 0.164 e. The van der Waals surface area contributed by atoms with Gasteiger partial charge in [-0.1, -0.05) is 12.1 Å². The Morgan fingerprint density at radius 1 is 1.54 bits per heavy atom. The minimum atomic E-state index is -0.0298. The van der Waals surface area contributed by atoms with Crippen LogP contribution in [-0.2, 0) is 0 Å². The Hall–Kier alpha value is -1.35. The topological polar surface area (TPSA) is 63.3 Å². The molecule has 0 aromatic heterocycles. The predicted octanol–water partition coefficient (Wildman–Crippen LogP) is 1.23. The summed E-state index contributed by atoms with van der Waals surface area (Å²) in [6.45, 7) is 2.12. The zero-order chi connectivity index (χ0) is 9.84. The van der Waals surface area contributed by atoms with Crippen LogP contribution in [0.3, 0.4) is 0 Å². The number of phenolic OH excluding ortho intramolecular Hbond substituents is 1.